The van der Waals surface area contributed by atoms with Crippen molar-refractivity contribution in [2.45, 2.75) is 19.3 Å². The lowest BCUT2D eigenvalue weighted by Gasteiger charge is -2.13. The maximum atomic E-state index is 13.8. The number of halogens is 7. The Bertz CT molecular complexity index is 2050. The first-order valence-electron chi connectivity index (χ1n) is 13.6. The molecule has 250 valence electrons. The lowest BCUT2D eigenvalue weighted by atomic mass is 10.1. The van der Waals surface area contributed by atoms with E-state index in [9.17, 15) is 45.1 Å². The van der Waals surface area contributed by atoms with Gasteiger partial charge in [-0.25, -0.2) is 13.9 Å². The van der Waals surface area contributed by atoms with Crippen LogP contribution < -0.4 is 15.4 Å². The van der Waals surface area contributed by atoms with Crippen molar-refractivity contribution in [2.75, 3.05) is 24.4 Å². The zero-order valence-corrected chi connectivity index (χ0v) is 25.4. The van der Waals surface area contributed by atoms with Crippen molar-refractivity contribution in [3.63, 3.8) is 0 Å². The Morgan fingerprint density at radius 3 is 2.33 bits per heavy atom. The van der Waals surface area contributed by atoms with Crippen LogP contribution in [0.4, 0.5) is 42.1 Å². The van der Waals surface area contributed by atoms with Crippen LogP contribution in [0.25, 0.3) is 15.8 Å². The summed E-state index contributed by atoms with van der Waals surface area (Å²) in [5.41, 5.74) is -3.12. The topological polar surface area (TPSA) is 112 Å². The van der Waals surface area contributed by atoms with Crippen LogP contribution >= 0.6 is 11.3 Å². The molecule has 3 aromatic carbocycles. The van der Waals surface area contributed by atoms with Crippen LogP contribution in [0.1, 0.15) is 48.4 Å². The maximum absolute atomic E-state index is 13.8. The van der Waals surface area contributed by atoms with Crippen molar-refractivity contribution < 1.29 is 54.6 Å². The molecule has 9 nitrogen and oxygen atoms in total. The molecule has 0 saturated carbocycles. The normalized spacial score (nSPS) is 11.8. The number of anilines is 2. The van der Waals surface area contributed by atoms with E-state index in [-0.39, 0.29) is 49.8 Å². The Morgan fingerprint density at radius 1 is 0.917 bits per heavy atom. The largest absolute Gasteiger partial charge is 0.496 e. The molecule has 5 rings (SSSR count). The standard InChI is InChI=1S/C31H21F7N4O5S/c1-3-47-29(45)15-13-39-42(14-15)18-6-9-23(46-2)20(12-18)27(43)41-25-19-7-4-16(30(33,34)35)10-24(19)48-26(25)28(44)40-17-5-8-22(32)21(11-17)31(36,37)38/h4-14H,3H2,1-2H3,(H,40,44)(H,41,43). The number of nitrogens with zero attached hydrogens (tertiary/aromatic N) is 2. The van der Waals surface area contributed by atoms with E-state index in [2.05, 4.69) is 15.7 Å². The maximum Gasteiger partial charge on any atom is 0.419 e. The fourth-order valence-electron chi connectivity index (χ4n) is 4.55. The number of carbonyl (C=O) groups excluding carboxylic acids is 3. The Kier molecular flexibility index (Phi) is 9.17. The minimum Gasteiger partial charge on any atom is -0.496 e. The molecule has 0 radical (unpaired) electrons. The highest BCUT2D eigenvalue weighted by atomic mass is 32.1. The molecule has 0 aliphatic heterocycles. The molecule has 2 N–H and O–H groups in total. The number of rotatable bonds is 8. The molecular weight excluding hydrogens is 673 g/mol. The van der Waals surface area contributed by atoms with Gasteiger partial charge in [0.2, 0.25) is 0 Å². The summed E-state index contributed by atoms with van der Waals surface area (Å²) in [6.45, 7) is 1.76. The van der Waals surface area contributed by atoms with Crippen LogP contribution in [0.5, 0.6) is 5.75 Å². The zero-order chi connectivity index (χ0) is 35.0. The zero-order valence-electron chi connectivity index (χ0n) is 24.5. The number of benzene rings is 3. The van der Waals surface area contributed by atoms with E-state index in [4.69, 9.17) is 9.47 Å². The molecular formula is C31H21F7N4O5S. The average Bonchev–Trinajstić information content (AvgIpc) is 3.66. The molecule has 2 heterocycles. The predicted octanol–water partition coefficient (Wildman–Crippen LogP) is 7.95. The number of ether oxygens (including phenoxy) is 2. The Morgan fingerprint density at radius 2 is 1.67 bits per heavy atom. The summed E-state index contributed by atoms with van der Waals surface area (Å²) in [6, 6.07) is 8.53. The van der Waals surface area contributed by atoms with Gasteiger partial charge in [0.1, 0.15) is 16.4 Å². The summed E-state index contributed by atoms with van der Waals surface area (Å²) < 4.78 is 106. The molecule has 0 aliphatic carbocycles. The highest BCUT2D eigenvalue weighted by Crippen LogP contribution is 2.41. The van der Waals surface area contributed by atoms with Crippen molar-refractivity contribution >= 4 is 50.6 Å². The lowest BCUT2D eigenvalue weighted by Crippen LogP contribution is -2.18. The summed E-state index contributed by atoms with van der Waals surface area (Å²) in [7, 11) is 1.27. The van der Waals surface area contributed by atoms with Crippen LogP contribution in [0, 0.1) is 5.82 Å². The second kappa shape index (κ2) is 13.0. The third-order valence-electron chi connectivity index (χ3n) is 6.78. The minimum absolute atomic E-state index is 0.0165. The number of carbonyl (C=O) groups is 3. The highest BCUT2D eigenvalue weighted by Gasteiger charge is 2.35. The van der Waals surface area contributed by atoms with Gasteiger partial charge in [0, 0.05) is 22.0 Å². The van der Waals surface area contributed by atoms with E-state index in [0.717, 1.165) is 24.3 Å². The monoisotopic (exact) mass is 694 g/mol. The fourth-order valence-corrected chi connectivity index (χ4v) is 5.64. The summed E-state index contributed by atoms with van der Waals surface area (Å²) in [4.78, 5) is 38.8. The molecule has 0 saturated heterocycles. The molecule has 2 aromatic heterocycles. The fraction of sp³-hybridized carbons (Fsp3) is 0.161. The van der Waals surface area contributed by atoms with Crippen LogP contribution in [0.2, 0.25) is 0 Å². The van der Waals surface area contributed by atoms with Crippen molar-refractivity contribution in [1.82, 2.24) is 9.78 Å². The van der Waals surface area contributed by atoms with E-state index in [0.29, 0.717) is 23.5 Å². The number of fused-ring (bicyclic) bond motifs is 1. The van der Waals surface area contributed by atoms with Crippen LogP contribution in [0.15, 0.2) is 67.0 Å². The third-order valence-corrected chi connectivity index (χ3v) is 7.93. The van der Waals surface area contributed by atoms with Gasteiger partial charge in [0.05, 0.1) is 53.5 Å². The van der Waals surface area contributed by atoms with Crippen molar-refractivity contribution in [3.8, 4) is 11.4 Å². The summed E-state index contributed by atoms with van der Waals surface area (Å²) in [5.74, 6) is -4.15. The molecule has 0 spiro atoms. The van der Waals surface area contributed by atoms with E-state index in [1.54, 1.807) is 6.92 Å². The van der Waals surface area contributed by atoms with Crippen LogP contribution in [-0.2, 0) is 17.1 Å². The van der Waals surface area contributed by atoms with Gasteiger partial charge in [-0.3, -0.25) is 9.59 Å². The van der Waals surface area contributed by atoms with Crippen LogP contribution in [-0.4, -0.2) is 41.3 Å². The molecule has 48 heavy (non-hydrogen) atoms. The number of alkyl halides is 6. The number of amides is 2. The van der Waals surface area contributed by atoms with E-state index in [1.165, 1.54) is 42.4 Å². The first-order valence-corrected chi connectivity index (χ1v) is 14.5. The van der Waals surface area contributed by atoms with Crippen molar-refractivity contribution in [2.24, 2.45) is 0 Å². The third kappa shape index (κ3) is 6.95. The smallest absolute Gasteiger partial charge is 0.419 e. The second-order valence-electron chi connectivity index (χ2n) is 9.89. The van der Waals surface area contributed by atoms with Crippen LogP contribution in [0.3, 0.4) is 0 Å². The van der Waals surface area contributed by atoms with Gasteiger partial charge < -0.3 is 20.1 Å². The molecule has 5 aromatic rings. The van der Waals surface area contributed by atoms with Gasteiger partial charge in [0.15, 0.2) is 0 Å². The average molecular weight is 695 g/mol. The predicted molar refractivity (Wildman–Crippen MR) is 160 cm³/mol. The van der Waals surface area contributed by atoms with Gasteiger partial charge in [-0.1, -0.05) is 6.07 Å². The Hall–Kier alpha value is -5.45. The van der Waals surface area contributed by atoms with E-state index < -0.39 is 52.8 Å². The number of hydrogen-bond donors (Lipinski definition) is 2. The highest BCUT2D eigenvalue weighted by molar-refractivity contribution is 7.21. The van der Waals surface area contributed by atoms with E-state index in [1.807, 2.05) is 0 Å². The molecule has 0 aliphatic rings. The van der Waals surface area contributed by atoms with E-state index >= 15 is 0 Å². The number of aromatic nitrogens is 2. The van der Waals surface area contributed by atoms with Gasteiger partial charge in [0.25, 0.3) is 11.8 Å². The number of thiophene rings is 1. The quantitative estimate of drug-likeness (QED) is 0.126. The SMILES string of the molecule is CCOC(=O)c1cnn(-c2ccc(OC)c(C(=O)Nc3c(C(=O)Nc4ccc(F)c(C(F)(F)F)c4)sc4cc(C(F)(F)F)ccc34)c2)c1. The Balaban J connectivity index is 1.55. The molecule has 0 fully saturated rings. The van der Waals surface area contributed by atoms with Crippen molar-refractivity contribution in [3.05, 3.63) is 99.9 Å². The molecule has 17 heteroatoms. The molecule has 0 atom stereocenters. The van der Waals surface area contributed by atoms with Gasteiger partial charge >= 0.3 is 18.3 Å². The lowest BCUT2D eigenvalue weighted by molar-refractivity contribution is -0.140. The molecule has 0 unspecified atom stereocenters. The van der Waals surface area contributed by atoms with Gasteiger partial charge in [-0.15, -0.1) is 11.3 Å². The first-order chi connectivity index (χ1) is 22.6. The number of nitrogens with one attached hydrogen (secondary N) is 2. The number of methoxy groups -OCH3 is 1. The molecule has 2 amide bonds. The minimum atomic E-state index is -5.08. The second-order valence-corrected chi connectivity index (χ2v) is 10.9. The summed E-state index contributed by atoms with van der Waals surface area (Å²) in [5, 5.41) is 8.82. The number of esters is 1. The van der Waals surface area contributed by atoms with Crippen molar-refractivity contribution in [1.29, 1.82) is 0 Å². The van der Waals surface area contributed by atoms with Gasteiger partial charge in [-0.2, -0.15) is 31.4 Å². The van der Waals surface area contributed by atoms with Gasteiger partial charge in [-0.05, 0) is 55.5 Å². The number of hydrogen-bond acceptors (Lipinski definition) is 7. The first kappa shape index (κ1) is 33.9. The molecule has 0 bridgehead atoms. The summed E-state index contributed by atoms with van der Waals surface area (Å²) in [6.07, 6.45) is -7.23. The summed E-state index contributed by atoms with van der Waals surface area (Å²) >= 11 is 0.539. The Labute approximate surface area is 269 Å².